The molecule has 2 saturated heterocycles. The van der Waals surface area contributed by atoms with Gasteiger partial charge in [0.25, 0.3) is 5.56 Å². The van der Waals surface area contributed by atoms with Gasteiger partial charge in [0, 0.05) is 65.3 Å². The second kappa shape index (κ2) is 8.82. The predicted molar refractivity (Wildman–Crippen MR) is 136 cm³/mol. The van der Waals surface area contributed by atoms with Crippen molar-refractivity contribution in [2.75, 3.05) is 42.4 Å². The summed E-state index contributed by atoms with van der Waals surface area (Å²) in [6.45, 7) is 4.48. The number of nitrogens with one attached hydrogen (secondary N) is 2. The molecule has 0 aliphatic carbocycles. The Bertz CT molecular complexity index is 1370. The zero-order chi connectivity index (χ0) is 23.2. The van der Waals surface area contributed by atoms with Crippen molar-refractivity contribution in [3.05, 3.63) is 63.0 Å². The Morgan fingerprint density at radius 3 is 3.06 bits per heavy atom. The second-order valence-corrected chi connectivity index (χ2v) is 10.5. The fraction of sp³-hybridized carbons (Fsp3) is 0.360. The Labute approximate surface area is 206 Å². The Morgan fingerprint density at radius 2 is 2.26 bits per heavy atom. The van der Waals surface area contributed by atoms with E-state index in [1.54, 1.807) is 24.2 Å². The molecule has 2 aromatic carbocycles. The minimum atomic E-state index is -0.153. The number of rotatable bonds is 6. The number of nitriles is 1. The number of nitrogens with zero attached hydrogens (tertiary/aromatic N) is 3. The molecule has 2 unspecified atom stereocenters. The summed E-state index contributed by atoms with van der Waals surface area (Å²) in [6.07, 6.45) is 3.98. The molecule has 9 heteroatoms. The standard InChI is InChI=1S/C25H24ClN5O2S/c26-20-12-29-25(32)19-2-1-3-23(24(19)20)34-31-6-4-18-21(8-15(11-27)9-22(18)31)28-5-7-30-13-17-10-16(30)14-33-17/h1-3,8-9,12,16-17,28H,4-7,10,13-14H2,(H,29,32). The fourth-order valence-corrected chi connectivity index (χ4v) is 6.77. The summed E-state index contributed by atoms with van der Waals surface area (Å²) in [5.41, 5.74) is 3.78. The monoisotopic (exact) mass is 493 g/mol. The van der Waals surface area contributed by atoms with Crippen LogP contribution in [0.1, 0.15) is 17.5 Å². The maximum atomic E-state index is 12.3. The molecule has 2 N–H and O–H groups in total. The number of fused-ring (bicyclic) bond motifs is 4. The van der Waals surface area contributed by atoms with Gasteiger partial charge in [0.05, 0.1) is 35.1 Å². The number of H-pyrrole nitrogens is 1. The number of likely N-dealkylation sites (tertiary alicyclic amines) is 1. The van der Waals surface area contributed by atoms with E-state index in [0.29, 0.717) is 28.1 Å². The summed E-state index contributed by atoms with van der Waals surface area (Å²) in [5.74, 6) is 0. The molecule has 2 fully saturated rings. The normalized spacial score (nSPS) is 21.2. The van der Waals surface area contributed by atoms with Crippen molar-refractivity contribution in [1.82, 2.24) is 9.88 Å². The molecule has 2 bridgehead atoms. The number of morpholine rings is 1. The predicted octanol–water partition coefficient (Wildman–Crippen LogP) is 4.01. The molecule has 0 saturated carbocycles. The van der Waals surface area contributed by atoms with Gasteiger partial charge in [-0.15, -0.1) is 0 Å². The van der Waals surface area contributed by atoms with Crippen LogP contribution in [-0.4, -0.2) is 54.8 Å². The van der Waals surface area contributed by atoms with Gasteiger partial charge >= 0.3 is 0 Å². The van der Waals surface area contributed by atoms with Gasteiger partial charge in [0.1, 0.15) is 0 Å². The SMILES string of the molecule is N#Cc1cc(NCCN2CC3CC2CO3)c2c(c1)N(Sc1cccc3c(=O)[nH]cc(Cl)c13)CC2. The van der Waals surface area contributed by atoms with E-state index in [2.05, 4.69) is 25.6 Å². The minimum Gasteiger partial charge on any atom is -0.383 e. The first-order chi connectivity index (χ1) is 16.6. The maximum absolute atomic E-state index is 12.3. The van der Waals surface area contributed by atoms with Gasteiger partial charge in [0.15, 0.2) is 0 Å². The molecule has 0 radical (unpaired) electrons. The molecule has 1 aromatic heterocycles. The molecule has 4 heterocycles. The lowest BCUT2D eigenvalue weighted by Gasteiger charge is -2.27. The van der Waals surface area contributed by atoms with E-state index in [4.69, 9.17) is 16.3 Å². The molecule has 174 valence electrons. The van der Waals surface area contributed by atoms with E-state index >= 15 is 0 Å². The summed E-state index contributed by atoms with van der Waals surface area (Å²) in [5, 5.41) is 15.1. The van der Waals surface area contributed by atoms with Gasteiger partial charge in [-0.05, 0) is 49.1 Å². The van der Waals surface area contributed by atoms with Crippen molar-refractivity contribution >= 4 is 45.7 Å². The molecular weight excluding hydrogens is 470 g/mol. The molecule has 2 atom stereocenters. The van der Waals surface area contributed by atoms with Crippen LogP contribution in [-0.2, 0) is 11.2 Å². The molecule has 34 heavy (non-hydrogen) atoms. The molecule has 3 aliphatic heterocycles. The Kier molecular flexibility index (Phi) is 5.66. The maximum Gasteiger partial charge on any atom is 0.255 e. The molecule has 3 aliphatic rings. The van der Waals surface area contributed by atoms with Crippen molar-refractivity contribution < 1.29 is 4.74 Å². The fourth-order valence-electron chi connectivity index (χ4n) is 5.32. The van der Waals surface area contributed by atoms with E-state index in [-0.39, 0.29) is 5.56 Å². The van der Waals surface area contributed by atoms with E-state index in [0.717, 1.165) is 67.3 Å². The summed E-state index contributed by atoms with van der Waals surface area (Å²) < 4.78 is 7.90. The molecule has 3 aromatic rings. The van der Waals surface area contributed by atoms with Gasteiger partial charge in [0.2, 0.25) is 0 Å². The van der Waals surface area contributed by atoms with Crippen LogP contribution in [0.4, 0.5) is 11.4 Å². The summed E-state index contributed by atoms with van der Waals surface area (Å²) in [7, 11) is 0. The van der Waals surface area contributed by atoms with Crippen LogP contribution < -0.4 is 15.2 Å². The highest BCUT2D eigenvalue weighted by Crippen LogP contribution is 2.43. The average molecular weight is 494 g/mol. The van der Waals surface area contributed by atoms with Crippen LogP contribution in [0.5, 0.6) is 0 Å². The highest BCUT2D eigenvalue weighted by molar-refractivity contribution is 8.01. The van der Waals surface area contributed by atoms with Gasteiger partial charge in [-0.2, -0.15) is 5.26 Å². The highest BCUT2D eigenvalue weighted by Gasteiger charge is 2.38. The number of aromatic amines is 1. The number of benzene rings is 2. The quantitative estimate of drug-likeness (QED) is 0.502. The number of hydrogen-bond donors (Lipinski definition) is 2. The van der Waals surface area contributed by atoms with Crippen LogP contribution in [0.15, 0.2) is 46.2 Å². The number of anilines is 2. The first-order valence-electron chi connectivity index (χ1n) is 11.5. The van der Waals surface area contributed by atoms with Crippen molar-refractivity contribution in [3.63, 3.8) is 0 Å². The molecule has 0 amide bonds. The molecule has 6 rings (SSSR count). The van der Waals surface area contributed by atoms with Gasteiger partial charge in [-0.3, -0.25) is 9.69 Å². The van der Waals surface area contributed by atoms with E-state index < -0.39 is 0 Å². The Hall–Kier alpha value is -2.70. The Balaban J connectivity index is 1.25. The molecule has 7 nitrogen and oxygen atoms in total. The first kappa shape index (κ1) is 21.8. The van der Waals surface area contributed by atoms with Crippen LogP contribution in [0.2, 0.25) is 5.02 Å². The number of pyridine rings is 1. The van der Waals surface area contributed by atoms with Crippen molar-refractivity contribution in [1.29, 1.82) is 5.26 Å². The topological polar surface area (TPSA) is 84.4 Å². The number of hydrogen-bond acceptors (Lipinski definition) is 7. The summed E-state index contributed by atoms with van der Waals surface area (Å²) in [6, 6.07) is 12.4. The molecular formula is C25H24ClN5O2S. The van der Waals surface area contributed by atoms with Crippen LogP contribution in [0.3, 0.4) is 0 Å². The zero-order valence-electron chi connectivity index (χ0n) is 18.5. The lowest BCUT2D eigenvalue weighted by molar-refractivity contribution is 0.0324. The number of aromatic nitrogens is 1. The highest BCUT2D eigenvalue weighted by atomic mass is 35.5. The summed E-state index contributed by atoms with van der Waals surface area (Å²) in [4.78, 5) is 18.4. The lowest BCUT2D eigenvalue weighted by Crippen LogP contribution is -2.39. The third-order valence-corrected chi connectivity index (χ3v) is 8.40. The third kappa shape index (κ3) is 3.83. The van der Waals surface area contributed by atoms with Crippen LogP contribution in [0, 0.1) is 11.3 Å². The van der Waals surface area contributed by atoms with Crippen LogP contribution >= 0.6 is 23.5 Å². The van der Waals surface area contributed by atoms with E-state index in [1.807, 2.05) is 24.3 Å². The van der Waals surface area contributed by atoms with Crippen molar-refractivity contribution in [2.45, 2.75) is 29.9 Å². The lowest BCUT2D eigenvalue weighted by atomic mass is 10.1. The molecule has 0 spiro atoms. The van der Waals surface area contributed by atoms with Crippen molar-refractivity contribution in [2.24, 2.45) is 0 Å². The zero-order valence-corrected chi connectivity index (χ0v) is 20.1. The van der Waals surface area contributed by atoms with E-state index in [1.165, 1.54) is 5.56 Å². The van der Waals surface area contributed by atoms with Gasteiger partial charge in [-0.25, -0.2) is 0 Å². The third-order valence-electron chi connectivity index (χ3n) is 6.97. The number of ether oxygens (including phenoxy) is 1. The number of halogens is 1. The first-order valence-corrected chi connectivity index (χ1v) is 12.7. The minimum absolute atomic E-state index is 0.153. The van der Waals surface area contributed by atoms with Crippen LogP contribution in [0.25, 0.3) is 10.8 Å². The summed E-state index contributed by atoms with van der Waals surface area (Å²) >= 11 is 8.02. The van der Waals surface area contributed by atoms with Crippen molar-refractivity contribution in [3.8, 4) is 6.07 Å². The smallest absolute Gasteiger partial charge is 0.255 e. The second-order valence-electron chi connectivity index (χ2n) is 8.99. The van der Waals surface area contributed by atoms with E-state index in [9.17, 15) is 10.1 Å². The van der Waals surface area contributed by atoms with Gasteiger partial charge in [-0.1, -0.05) is 17.7 Å². The Morgan fingerprint density at radius 1 is 1.35 bits per heavy atom. The van der Waals surface area contributed by atoms with Gasteiger partial charge < -0.3 is 19.3 Å². The average Bonchev–Trinajstić information content (AvgIpc) is 3.58. The largest absolute Gasteiger partial charge is 0.383 e.